The summed E-state index contributed by atoms with van der Waals surface area (Å²) in [7, 11) is 1.63. The van der Waals surface area contributed by atoms with Gasteiger partial charge in [0.15, 0.2) is 0 Å². The highest BCUT2D eigenvalue weighted by Gasteiger charge is 2.16. The molecule has 0 amide bonds. The standard InChI is InChI=1S/C15H18N2O/c1-10-6-7-12(11(2)9-10)14(16)15-13(18-3)5-4-8-17-15/h4-9,14H,16H2,1-3H3. The molecule has 0 aliphatic rings. The van der Waals surface area contributed by atoms with Gasteiger partial charge in [-0.3, -0.25) is 4.98 Å². The van der Waals surface area contributed by atoms with E-state index < -0.39 is 0 Å². The van der Waals surface area contributed by atoms with Crippen LogP contribution in [0.5, 0.6) is 5.75 Å². The van der Waals surface area contributed by atoms with E-state index in [-0.39, 0.29) is 6.04 Å². The number of nitrogens with two attached hydrogens (primary N) is 1. The summed E-state index contributed by atoms with van der Waals surface area (Å²) in [6, 6.07) is 9.72. The van der Waals surface area contributed by atoms with Gasteiger partial charge in [0.2, 0.25) is 0 Å². The first-order chi connectivity index (χ1) is 8.63. The first kappa shape index (κ1) is 12.6. The van der Waals surface area contributed by atoms with Crippen molar-refractivity contribution in [2.45, 2.75) is 19.9 Å². The minimum atomic E-state index is -0.262. The van der Waals surface area contributed by atoms with Crippen molar-refractivity contribution >= 4 is 0 Å². The number of pyridine rings is 1. The summed E-state index contributed by atoms with van der Waals surface area (Å²) in [5.74, 6) is 0.727. The fourth-order valence-corrected chi connectivity index (χ4v) is 2.13. The molecule has 0 aliphatic heterocycles. The van der Waals surface area contributed by atoms with Crippen LogP contribution in [0.4, 0.5) is 0 Å². The molecule has 0 saturated heterocycles. The summed E-state index contributed by atoms with van der Waals surface area (Å²) in [6.07, 6.45) is 1.74. The van der Waals surface area contributed by atoms with Gasteiger partial charge in [-0.2, -0.15) is 0 Å². The molecule has 18 heavy (non-hydrogen) atoms. The van der Waals surface area contributed by atoms with Crippen LogP contribution in [0.2, 0.25) is 0 Å². The van der Waals surface area contributed by atoms with E-state index in [0.717, 1.165) is 17.0 Å². The van der Waals surface area contributed by atoms with Gasteiger partial charge in [0.25, 0.3) is 0 Å². The monoisotopic (exact) mass is 242 g/mol. The zero-order valence-corrected chi connectivity index (χ0v) is 11.0. The zero-order valence-electron chi connectivity index (χ0n) is 11.0. The average molecular weight is 242 g/mol. The number of ether oxygens (including phenoxy) is 1. The van der Waals surface area contributed by atoms with Gasteiger partial charge < -0.3 is 10.5 Å². The van der Waals surface area contributed by atoms with Crippen LogP contribution in [0.3, 0.4) is 0 Å². The highest BCUT2D eigenvalue weighted by Crippen LogP contribution is 2.28. The van der Waals surface area contributed by atoms with E-state index in [1.807, 2.05) is 12.1 Å². The summed E-state index contributed by atoms with van der Waals surface area (Å²) in [5.41, 5.74) is 10.6. The summed E-state index contributed by atoms with van der Waals surface area (Å²) >= 11 is 0. The summed E-state index contributed by atoms with van der Waals surface area (Å²) in [4.78, 5) is 4.34. The van der Waals surface area contributed by atoms with E-state index in [9.17, 15) is 0 Å². The van der Waals surface area contributed by atoms with Gasteiger partial charge in [0.1, 0.15) is 11.4 Å². The largest absolute Gasteiger partial charge is 0.495 e. The fraction of sp³-hybridized carbons (Fsp3) is 0.267. The number of benzene rings is 1. The third-order valence-electron chi connectivity index (χ3n) is 3.07. The molecule has 94 valence electrons. The normalized spacial score (nSPS) is 12.2. The predicted molar refractivity (Wildman–Crippen MR) is 72.7 cm³/mol. The maximum absolute atomic E-state index is 6.30. The van der Waals surface area contributed by atoms with E-state index >= 15 is 0 Å². The maximum Gasteiger partial charge on any atom is 0.142 e. The molecule has 0 fully saturated rings. The highest BCUT2D eigenvalue weighted by atomic mass is 16.5. The molecule has 3 nitrogen and oxygen atoms in total. The Balaban J connectivity index is 2.44. The molecule has 2 aromatic rings. The highest BCUT2D eigenvalue weighted by molar-refractivity contribution is 5.41. The number of nitrogens with zero attached hydrogens (tertiary/aromatic N) is 1. The van der Waals surface area contributed by atoms with Crippen molar-refractivity contribution < 1.29 is 4.74 Å². The van der Waals surface area contributed by atoms with Gasteiger partial charge in [-0.1, -0.05) is 23.8 Å². The lowest BCUT2D eigenvalue weighted by Gasteiger charge is -2.17. The van der Waals surface area contributed by atoms with Gasteiger partial charge in [-0.15, -0.1) is 0 Å². The van der Waals surface area contributed by atoms with Gasteiger partial charge in [-0.05, 0) is 37.1 Å². The Morgan fingerprint density at radius 2 is 2.00 bits per heavy atom. The van der Waals surface area contributed by atoms with Crippen LogP contribution in [-0.4, -0.2) is 12.1 Å². The number of hydrogen-bond donors (Lipinski definition) is 1. The molecular weight excluding hydrogens is 224 g/mol. The third-order valence-corrected chi connectivity index (χ3v) is 3.07. The Hall–Kier alpha value is -1.87. The minimum Gasteiger partial charge on any atom is -0.495 e. The lowest BCUT2D eigenvalue weighted by molar-refractivity contribution is 0.404. The Bertz CT molecular complexity index is 552. The van der Waals surface area contributed by atoms with Crippen LogP contribution >= 0.6 is 0 Å². The van der Waals surface area contributed by atoms with E-state index in [2.05, 4.69) is 37.0 Å². The molecule has 0 aliphatic carbocycles. The van der Waals surface area contributed by atoms with E-state index in [1.165, 1.54) is 11.1 Å². The Kier molecular flexibility index (Phi) is 3.63. The van der Waals surface area contributed by atoms with Crippen molar-refractivity contribution in [2.75, 3.05) is 7.11 Å². The topological polar surface area (TPSA) is 48.1 Å². The van der Waals surface area contributed by atoms with Crippen molar-refractivity contribution in [1.29, 1.82) is 0 Å². The first-order valence-electron chi connectivity index (χ1n) is 5.95. The summed E-state index contributed by atoms with van der Waals surface area (Å²) < 4.78 is 5.31. The second-order valence-electron chi connectivity index (χ2n) is 4.43. The van der Waals surface area contributed by atoms with Gasteiger partial charge in [0.05, 0.1) is 13.2 Å². The van der Waals surface area contributed by atoms with Crippen molar-refractivity contribution in [3.05, 3.63) is 58.9 Å². The first-order valence-corrected chi connectivity index (χ1v) is 5.95. The number of methoxy groups -OCH3 is 1. The lowest BCUT2D eigenvalue weighted by Crippen LogP contribution is -2.16. The Morgan fingerprint density at radius 3 is 2.67 bits per heavy atom. The Morgan fingerprint density at radius 1 is 1.22 bits per heavy atom. The quantitative estimate of drug-likeness (QED) is 0.900. The molecule has 0 bridgehead atoms. The number of aromatic nitrogens is 1. The molecule has 1 aromatic heterocycles. The second-order valence-corrected chi connectivity index (χ2v) is 4.43. The van der Waals surface area contributed by atoms with E-state index in [1.54, 1.807) is 13.3 Å². The fourth-order valence-electron chi connectivity index (χ4n) is 2.13. The van der Waals surface area contributed by atoms with Gasteiger partial charge in [-0.25, -0.2) is 0 Å². The van der Waals surface area contributed by atoms with E-state index in [0.29, 0.717) is 0 Å². The number of rotatable bonds is 3. The second kappa shape index (κ2) is 5.19. The van der Waals surface area contributed by atoms with Crippen LogP contribution < -0.4 is 10.5 Å². The van der Waals surface area contributed by atoms with Crippen molar-refractivity contribution in [2.24, 2.45) is 5.73 Å². The van der Waals surface area contributed by atoms with Crippen LogP contribution in [0.1, 0.15) is 28.4 Å². The van der Waals surface area contributed by atoms with Crippen LogP contribution in [0, 0.1) is 13.8 Å². The zero-order chi connectivity index (χ0) is 13.1. The number of hydrogen-bond acceptors (Lipinski definition) is 3. The molecular formula is C15H18N2O. The Labute approximate surface area is 108 Å². The molecule has 0 radical (unpaired) electrons. The molecule has 2 N–H and O–H groups in total. The van der Waals surface area contributed by atoms with Crippen molar-refractivity contribution in [3.63, 3.8) is 0 Å². The molecule has 0 spiro atoms. The molecule has 1 atom stereocenters. The van der Waals surface area contributed by atoms with Gasteiger partial charge in [0, 0.05) is 6.20 Å². The lowest BCUT2D eigenvalue weighted by atomic mass is 9.97. The smallest absolute Gasteiger partial charge is 0.142 e. The third kappa shape index (κ3) is 2.36. The molecule has 3 heteroatoms. The minimum absolute atomic E-state index is 0.262. The molecule has 1 aromatic carbocycles. The van der Waals surface area contributed by atoms with Gasteiger partial charge >= 0.3 is 0 Å². The summed E-state index contributed by atoms with van der Waals surface area (Å²) in [6.45, 7) is 4.14. The number of aryl methyl sites for hydroxylation is 2. The molecule has 1 heterocycles. The molecule has 2 rings (SSSR count). The summed E-state index contributed by atoms with van der Waals surface area (Å²) in [5, 5.41) is 0. The predicted octanol–water partition coefficient (Wildman–Crippen LogP) is 2.76. The molecule has 0 saturated carbocycles. The maximum atomic E-state index is 6.30. The van der Waals surface area contributed by atoms with Crippen molar-refractivity contribution in [1.82, 2.24) is 4.98 Å². The average Bonchev–Trinajstić information content (AvgIpc) is 2.38. The molecule has 1 unspecified atom stereocenters. The van der Waals surface area contributed by atoms with Crippen LogP contribution in [0.25, 0.3) is 0 Å². The SMILES string of the molecule is COc1cccnc1C(N)c1ccc(C)cc1C. The van der Waals surface area contributed by atoms with Crippen LogP contribution in [0.15, 0.2) is 36.5 Å². The van der Waals surface area contributed by atoms with Crippen molar-refractivity contribution in [3.8, 4) is 5.75 Å². The van der Waals surface area contributed by atoms with E-state index in [4.69, 9.17) is 10.5 Å². The van der Waals surface area contributed by atoms with Crippen LogP contribution in [-0.2, 0) is 0 Å².